The van der Waals surface area contributed by atoms with E-state index < -0.39 is 0 Å². The Kier molecular flexibility index (Phi) is 3.17. The zero-order valence-electron chi connectivity index (χ0n) is 9.09. The van der Waals surface area contributed by atoms with Gasteiger partial charge in [-0.05, 0) is 24.6 Å². The summed E-state index contributed by atoms with van der Waals surface area (Å²) >= 11 is 3.44. The fraction of sp³-hybridized carbons (Fsp3) is 0.417. The van der Waals surface area contributed by atoms with Crippen molar-refractivity contribution in [2.24, 2.45) is 5.41 Å². The fourth-order valence-corrected chi connectivity index (χ4v) is 1.96. The van der Waals surface area contributed by atoms with E-state index in [1.165, 1.54) is 5.56 Å². The van der Waals surface area contributed by atoms with E-state index in [2.05, 4.69) is 27.3 Å². The highest BCUT2D eigenvalue weighted by molar-refractivity contribution is 9.10. The van der Waals surface area contributed by atoms with Gasteiger partial charge in [0.15, 0.2) is 0 Å². The summed E-state index contributed by atoms with van der Waals surface area (Å²) in [5.74, 6) is 0. The molecule has 16 heavy (non-hydrogen) atoms. The van der Waals surface area contributed by atoms with Crippen molar-refractivity contribution in [2.45, 2.75) is 6.92 Å². The molecule has 0 aromatic heterocycles. The number of aryl methyl sites for hydroxylation is 1. The summed E-state index contributed by atoms with van der Waals surface area (Å²) < 4.78 is 6.14. The molecule has 0 radical (unpaired) electrons. The van der Waals surface area contributed by atoms with Gasteiger partial charge in [0, 0.05) is 16.7 Å². The van der Waals surface area contributed by atoms with Gasteiger partial charge in [-0.1, -0.05) is 22.0 Å². The van der Waals surface area contributed by atoms with Gasteiger partial charge < -0.3 is 10.1 Å². The van der Waals surface area contributed by atoms with Crippen molar-refractivity contribution in [3.8, 4) is 6.07 Å². The molecule has 4 heteroatoms. The molecule has 0 unspecified atom stereocenters. The first kappa shape index (κ1) is 11.4. The van der Waals surface area contributed by atoms with E-state index >= 15 is 0 Å². The molecule has 1 aromatic carbocycles. The number of hydrogen-bond acceptors (Lipinski definition) is 3. The van der Waals surface area contributed by atoms with Crippen LogP contribution < -0.4 is 5.32 Å². The van der Waals surface area contributed by atoms with Gasteiger partial charge in [0.05, 0.1) is 19.3 Å². The second kappa shape index (κ2) is 4.44. The Bertz CT molecular complexity index is 435. The standard InChI is InChI=1S/C12H13BrN2O/c1-9-2-3-10(13)4-11(9)15-6-12(5-14)7-16-8-12/h2-4,15H,6-8H2,1H3. The maximum absolute atomic E-state index is 9.06. The van der Waals surface area contributed by atoms with Crippen LogP contribution >= 0.6 is 15.9 Å². The molecule has 0 atom stereocenters. The van der Waals surface area contributed by atoms with E-state index in [0.29, 0.717) is 19.8 Å². The normalized spacial score (nSPS) is 17.3. The average molecular weight is 281 g/mol. The van der Waals surface area contributed by atoms with Gasteiger partial charge in [0.2, 0.25) is 0 Å². The van der Waals surface area contributed by atoms with Gasteiger partial charge in [-0.2, -0.15) is 5.26 Å². The third kappa shape index (κ3) is 2.21. The van der Waals surface area contributed by atoms with Gasteiger partial charge in [-0.15, -0.1) is 0 Å². The summed E-state index contributed by atoms with van der Waals surface area (Å²) in [7, 11) is 0. The van der Waals surface area contributed by atoms with Crippen LogP contribution in [0.2, 0.25) is 0 Å². The van der Waals surface area contributed by atoms with Crippen molar-refractivity contribution in [3.63, 3.8) is 0 Å². The molecule has 1 N–H and O–H groups in total. The number of nitrogens with zero attached hydrogens (tertiary/aromatic N) is 1. The molecular weight excluding hydrogens is 268 g/mol. The molecule has 0 amide bonds. The Hall–Kier alpha value is -1.05. The Morgan fingerprint density at radius 3 is 2.88 bits per heavy atom. The lowest BCUT2D eigenvalue weighted by Crippen LogP contribution is -2.46. The first-order valence-electron chi connectivity index (χ1n) is 5.14. The molecule has 3 nitrogen and oxygen atoms in total. The van der Waals surface area contributed by atoms with Crippen molar-refractivity contribution >= 4 is 21.6 Å². The molecule has 1 aromatic rings. The monoisotopic (exact) mass is 280 g/mol. The fourth-order valence-electron chi connectivity index (χ4n) is 1.60. The largest absolute Gasteiger partial charge is 0.383 e. The highest BCUT2D eigenvalue weighted by Crippen LogP contribution is 2.28. The first-order valence-corrected chi connectivity index (χ1v) is 5.94. The van der Waals surface area contributed by atoms with E-state index in [1.807, 2.05) is 25.1 Å². The zero-order valence-corrected chi connectivity index (χ0v) is 10.7. The number of rotatable bonds is 3. The molecule has 1 saturated heterocycles. The summed E-state index contributed by atoms with van der Waals surface area (Å²) in [5.41, 5.74) is 1.90. The van der Waals surface area contributed by atoms with Crippen LogP contribution in [0, 0.1) is 23.7 Å². The second-order valence-electron chi connectivity index (χ2n) is 4.20. The summed E-state index contributed by atoms with van der Waals surface area (Å²) in [6, 6.07) is 8.40. The van der Waals surface area contributed by atoms with Crippen LogP contribution in [0.3, 0.4) is 0 Å². The molecule has 0 saturated carbocycles. The number of hydrogen-bond donors (Lipinski definition) is 1. The molecule has 1 aliphatic heterocycles. The van der Waals surface area contributed by atoms with Crippen molar-refractivity contribution in [3.05, 3.63) is 28.2 Å². The molecule has 0 spiro atoms. The second-order valence-corrected chi connectivity index (χ2v) is 5.11. The van der Waals surface area contributed by atoms with Gasteiger partial charge in [-0.25, -0.2) is 0 Å². The SMILES string of the molecule is Cc1ccc(Br)cc1NCC1(C#N)COC1. The van der Waals surface area contributed by atoms with Crippen LogP contribution in [0.1, 0.15) is 5.56 Å². The predicted octanol–water partition coefficient (Wildman–Crippen LogP) is 2.71. The maximum atomic E-state index is 9.06. The minimum atomic E-state index is -0.339. The molecular formula is C12H13BrN2O. The number of nitrogens with one attached hydrogen (secondary N) is 1. The van der Waals surface area contributed by atoms with Crippen LogP contribution in [0.4, 0.5) is 5.69 Å². The van der Waals surface area contributed by atoms with Crippen LogP contribution in [-0.4, -0.2) is 19.8 Å². The van der Waals surface area contributed by atoms with E-state index in [0.717, 1.165) is 10.2 Å². The lowest BCUT2D eigenvalue weighted by atomic mass is 9.88. The Balaban J connectivity index is 2.05. The van der Waals surface area contributed by atoms with Crippen LogP contribution in [0.25, 0.3) is 0 Å². The van der Waals surface area contributed by atoms with E-state index in [9.17, 15) is 0 Å². The number of anilines is 1. The van der Waals surface area contributed by atoms with Crippen molar-refractivity contribution in [1.29, 1.82) is 5.26 Å². The van der Waals surface area contributed by atoms with Crippen molar-refractivity contribution in [1.82, 2.24) is 0 Å². The quantitative estimate of drug-likeness (QED) is 0.926. The maximum Gasteiger partial charge on any atom is 0.121 e. The van der Waals surface area contributed by atoms with E-state index in [4.69, 9.17) is 10.00 Å². The molecule has 1 fully saturated rings. The van der Waals surface area contributed by atoms with Gasteiger partial charge in [0.1, 0.15) is 5.41 Å². The zero-order chi connectivity index (χ0) is 11.6. The minimum absolute atomic E-state index is 0.339. The Labute approximate surface area is 104 Å². The van der Waals surface area contributed by atoms with Crippen molar-refractivity contribution < 1.29 is 4.74 Å². The predicted molar refractivity (Wildman–Crippen MR) is 66.2 cm³/mol. The number of ether oxygens (including phenoxy) is 1. The average Bonchev–Trinajstić information content (AvgIpc) is 2.22. The molecule has 1 aliphatic rings. The summed E-state index contributed by atoms with van der Waals surface area (Å²) in [6.45, 7) is 3.75. The molecule has 0 bridgehead atoms. The van der Waals surface area contributed by atoms with Gasteiger partial charge >= 0.3 is 0 Å². The van der Waals surface area contributed by atoms with Crippen LogP contribution in [0.15, 0.2) is 22.7 Å². The highest BCUT2D eigenvalue weighted by atomic mass is 79.9. The third-order valence-electron chi connectivity index (χ3n) is 2.81. The highest BCUT2D eigenvalue weighted by Gasteiger charge is 2.38. The lowest BCUT2D eigenvalue weighted by molar-refractivity contribution is -0.0690. The topological polar surface area (TPSA) is 45.0 Å². The minimum Gasteiger partial charge on any atom is -0.383 e. The Morgan fingerprint density at radius 2 is 2.31 bits per heavy atom. The van der Waals surface area contributed by atoms with Gasteiger partial charge in [-0.3, -0.25) is 0 Å². The number of benzene rings is 1. The third-order valence-corrected chi connectivity index (χ3v) is 3.30. The molecule has 1 heterocycles. The number of halogens is 1. The van der Waals surface area contributed by atoms with E-state index in [1.54, 1.807) is 0 Å². The van der Waals surface area contributed by atoms with E-state index in [-0.39, 0.29) is 5.41 Å². The summed E-state index contributed by atoms with van der Waals surface area (Å²) in [4.78, 5) is 0. The smallest absolute Gasteiger partial charge is 0.121 e. The summed E-state index contributed by atoms with van der Waals surface area (Å²) in [5, 5.41) is 12.4. The number of nitriles is 1. The molecule has 2 rings (SSSR count). The van der Waals surface area contributed by atoms with Gasteiger partial charge in [0.25, 0.3) is 0 Å². The van der Waals surface area contributed by atoms with Crippen LogP contribution in [-0.2, 0) is 4.74 Å². The Morgan fingerprint density at radius 1 is 1.56 bits per heavy atom. The first-order chi connectivity index (χ1) is 7.65. The molecule has 84 valence electrons. The molecule has 0 aliphatic carbocycles. The van der Waals surface area contributed by atoms with Crippen LogP contribution in [0.5, 0.6) is 0 Å². The summed E-state index contributed by atoms with van der Waals surface area (Å²) in [6.07, 6.45) is 0. The van der Waals surface area contributed by atoms with Crippen molar-refractivity contribution in [2.75, 3.05) is 25.1 Å². The lowest BCUT2D eigenvalue weighted by Gasteiger charge is -2.35.